The summed E-state index contributed by atoms with van der Waals surface area (Å²) in [6.07, 6.45) is 4.06. The molecule has 0 unspecified atom stereocenters. The van der Waals surface area contributed by atoms with E-state index in [2.05, 4.69) is 4.98 Å². The number of carbonyl (C=O) groups excluding carboxylic acids is 1. The van der Waals surface area contributed by atoms with Crippen molar-refractivity contribution in [2.24, 2.45) is 0 Å². The van der Waals surface area contributed by atoms with Gasteiger partial charge >= 0.3 is 0 Å². The third-order valence-corrected chi connectivity index (χ3v) is 4.52. The molecular weight excluding hydrogens is 312 g/mol. The molecule has 0 fully saturated rings. The number of benzene rings is 1. The molecule has 3 aromatic rings. The van der Waals surface area contributed by atoms with Crippen molar-refractivity contribution in [1.29, 1.82) is 0 Å². The lowest BCUT2D eigenvalue weighted by atomic mass is 9.91. The molecule has 0 saturated carbocycles. The molecule has 124 valence electrons. The number of ether oxygens (including phenoxy) is 1. The van der Waals surface area contributed by atoms with E-state index in [0.29, 0.717) is 6.42 Å². The Labute approximate surface area is 146 Å². The van der Waals surface area contributed by atoms with Crippen LogP contribution in [0.5, 0.6) is 5.75 Å². The van der Waals surface area contributed by atoms with Gasteiger partial charge in [0.15, 0.2) is 5.78 Å². The smallest absolute Gasteiger partial charge is 0.164 e. The van der Waals surface area contributed by atoms with E-state index >= 15 is 0 Å². The van der Waals surface area contributed by atoms with Crippen LogP contribution < -0.4 is 4.74 Å². The number of Topliss-reactive ketones (excluding diaryl/α,β-unsaturated/α-hetero) is 1. The van der Waals surface area contributed by atoms with E-state index in [9.17, 15) is 4.79 Å². The molecule has 0 aliphatic heterocycles. The van der Waals surface area contributed by atoms with Crippen LogP contribution in [0.1, 0.15) is 28.9 Å². The maximum atomic E-state index is 12.3. The highest BCUT2D eigenvalue weighted by Gasteiger charge is 2.22. The fraction of sp³-hybridized carbons (Fsp3) is 0.190. The number of aromatic nitrogens is 2. The minimum Gasteiger partial charge on any atom is -0.497 e. The van der Waals surface area contributed by atoms with Gasteiger partial charge in [-0.25, -0.2) is 0 Å². The third kappa shape index (κ3) is 2.91. The van der Waals surface area contributed by atoms with Gasteiger partial charge < -0.3 is 4.74 Å². The van der Waals surface area contributed by atoms with Gasteiger partial charge in [-0.15, -0.1) is 0 Å². The number of carbonyl (C=O) groups is 1. The second kappa shape index (κ2) is 6.48. The first kappa shape index (κ1) is 15.5. The number of methoxy groups -OCH3 is 1. The molecule has 0 spiro atoms. The number of nitrogens with zero attached hydrogens (tertiary/aromatic N) is 2. The van der Waals surface area contributed by atoms with Crippen LogP contribution in [0, 0.1) is 0 Å². The SMILES string of the molecule is COc1ccc(-c2nc3c(cc2-c2ccccn2)C(=O)CCC3)cc1. The molecule has 1 aliphatic carbocycles. The number of hydrogen-bond donors (Lipinski definition) is 0. The Bertz CT molecular complexity index is 919. The Balaban J connectivity index is 1.93. The fourth-order valence-corrected chi connectivity index (χ4v) is 3.22. The molecule has 2 heterocycles. The summed E-state index contributed by atoms with van der Waals surface area (Å²) in [6.45, 7) is 0. The van der Waals surface area contributed by atoms with Crippen molar-refractivity contribution in [1.82, 2.24) is 9.97 Å². The molecule has 0 bridgehead atoms. The number of hydrogen-bond acceptors (Lipinski definition) is 4. The zero-order valence-corrected chi connectivity index (χ0v) is 14.0. The summed E-state index contributed by atoms with van der Waals surface area (Å²) >= 11 is 0. The number of fused-ring (bicyclic) bond motifs is 1. The summed E-state index contributed by atoms with van der Waals surface area (Å²) < 4.78 is 5.25. The average molecular weight is 330 g/mol. The van der Waals surface area contributed by atoms with Crippen molar-refractivity contribution in [2.45, 2.75) is 19.3 Å². The number of aryl methyl sites for hydroxylation is 1. The molecule has 4 rings (SSSR count). The van der Waals surface area contributed by atoms with Gasteiger partial charge in [-0.05, 0) is 55.3 Å². The first-order chi connectivity index (χ1) is 12.3. The van der Waals surface area contributed by atoms with E-state index in [4.69, 9.17) is 9.72 Å². The van der Waals surface area contributed by atoms with Gasteiger partial charge in [0, 0.05) is 29.3 Å². The Morgan fingerprint density at radius 1 is 1.00 bits per heavy atom. The van der Waals surface area contributed by atoms with E-state index in [1.165, 1.54) is 0 Å². The second-order valence-corrected chi connectivity index (χ2v) is 6.10. The molecule has 0 amide bonds. The van der Waals surface area contributed by atoms with Crippen molar-refractivity contribution >= 4 is 5.78 Å². The summed E-state index contributed by atoms with van der Waals surface area (Å²) in [7, 11) is 1.65. The zero-order valence-electron chi connectivity index (χ0n) is 14.0. The van der Waals surface area contributed by atoms with Crippen molar-refractivity contribution in [3.05, 3.63) is 66.0 Å². The van der Waals surface area contributed by atoms with Gasteiger partial charge in [0.1, 0.15) is 5.75 Å². The highest BCUT2D eigenvalue weighted by Crippen LogP contribution is 2.34. The van der Waals surface area contributed by atoms with Crippen LogP contribution in [-0.4, -0.2) is 22.9 Å². The maximum absolute atomic E-state index is 12.3. The van der Waals surface area contributed by atoms with Crippen LogP contribution in [0.15, 0.2) is 54.7 Å². The summed E-state index contributed by atoms with van der Waals surface area (Å²) in [5, 5.41) is 0. The van der Waals surface area contributed by atoms with Crippen LogP contribution in [0.3, 0.4) is 0 Å². The molecule has 25 heavy (non-hydrogen) atoms. The van der Waals surface area contributed by atoms with E-state index < -0.39 is 0 Å². The molecule has 0 saturated heterocycles. The number of rotatable bonds is 3. The predicted molar refractivity (Wildman–Crippen MR) is 96.7 cm³/mol. The number of pyridine rings is 2. The topological polar surface area (TPSA) is 52.1 Å². The molecule has 4 heteroatoms. The molecule has 0 atom stereocenters. The second-order valence-electron chi connectivity index (χ2n) is 6.10. The van der Waals surface area contributed by atoms with Gasteiger partial charge in [-0.1, -0.05) is 6.07 Å². The average Bonchev–Trinajstić information content (AvgIpc) is 2.68. The van der Waals surface area contributed by atoms with Crippen LogP contribution in [0.4, 0.5) is 0 Å². The van der Waals surface area contributed by atoms with Crippen LogP contribution in [0.2, 0.25) is 0 Å². The van der Waals surface area contributed by atoms with Crippen molar-refractivity contribution < 1.29 is 9.53 Å². The van der Waals surface area contributed by atoms with Crippen molar-refractivity contribution in [3.63, 3.8) is 0 Å². The quantitative estimate of drug-likeness (QED) is 0.717. The minimum absolute atomic E-state index is 0.173. The van der Waals surface area contributed by atoms with Gasteiger partial charge in [-0.2, -0.15) is 0 Å². The largest absolute Gasteiger partial charge is 0.497 e. The molecule has 4 nitrogen and oxygen atoms in total. The first-order valence-corrected chi connectivity index (χ1v) is 8.39. The predicted octanol–water partition coefficient (Wildman–Crippen LogP) is 4.34. The van der Waals surface area contributed by atoms with Crippen molar-refractivity contribution in [2.75, 3.05) is 7.11 Å². The van der Waals surface area contributed by atoms with Crippen LogP contribution in [-0.2, 0) is 6.42 Å². The molecule has 0 N–H and O–H groups in total. The highest BCUT2D eigenvalue weighted by atomic mass is 16.5. The third-order valence-electron chi connectivity index (χ3n) is 4.52. The lowest BCUT2D eigenvalue weighted by Gasteiger charge is -2.18. The van der Waals surface area contributed by atoms with E-state index in [1.54, 1.807) is 13.3 Å². The van der Waals surface area contributed by atoms with E-state index in [-0.39, 0.29) is 5.78 Å². The first-order valence-electron chi connectivity index (χ1n) is 8.39. The van der Waals surface area contributed by atoms with Gasteiger partial charge in [0.2, 0.25) is 0 Å². The molecule has 1 aromatic carbocycles. The zero-order chi connectivity index (χ0) is 17.2. The van der Waals surface area contributed by atoms with Gasteiger partial charge in [-0.3, -0.25) is 14.8 Å². The number of ketones is 1. The van der Waals surface area contributed by atoms with Gasteiger partial charge in [0.05, 0.1) is 24.2 Å². The summed E-state index contributed by atoms with van der Waals surface area (Å²) in [5.74, 6) is 0.975. The van der Waals surface area contributed by atoms with Crippen LogP contribution in [0.25, 0.3) is 22.5 Å². The van der Waals surface area contributed by atoms with E-state index in [1.807, 2.05) is 48.5 Å². The Morgan fingerprint density at radius 2 is 1.84 bits per heavy atom. The van der Waals surface area contributed by atoms with Gasteiger partial charge in [0.25, 0.3) is 0 Å². The lowest BCUT2D eigenvalue weighted by Crippen LogP contribution is -2.13. The Kier molecular flexibility index (Phi) is 4.02. The summed E-state index contributed by atoms with van der Waals surface area (Å²) in [4.78, 5) is 21.7. The summed E-state index contributed by atoms with van der Waals surface area (Å²) in [6, 6.07) is 15.6. The normalized spacial score (nSPS) is 13.4. The lowest BCUT2D eigenvalue weighted by molar-refractivity contribution is 0.0971. The standard InChI is InChI=1S/C21H18N2O2/c1-25-15-10-8-14(9-11-15)21-17(18-5-2-3-12-22-18)13-16-19(23-21)6-4-7-20(16)24/h2-3,5,8-13H,4,6-7H2,1H3. The molecule has 1 aliphatic rings. The monoisotopic (exact) mass is 330 g/mol. The maximum Gasteiger partial charge on any atom is 0.164 e. The minimum atomic E-state index is 0.173. The van der Waals surface area contributed by atoms with E-state index in [0.717, 1.165) is 52.4 Å². The Morgan fingerprint density at radius 3 is 2.56 bits per heavy atom. The fourth-order valence-electron chi connectivity index (χ4n) is 3.22. The summed E-state index contributed by atoms with van der Waals surface area (Å²) in [5.41, 5.74) is 5.18. The molecule has 0 radical (unpaired) electrons. The highest BCUT2D eigenvalue weighted by molar-refractivity contribution is 6.00. The van der Waals surface area contributed by atoms with Crippen LogP contribution >= 0.6 is 0 Å². The molecular formula is C21H18N2O2. The Hall–Kier alpha value is -3.01. The van der Waals surface area contributed by atoms with Crippen molar-refractivity contribution in [3.8, 4) is 28.3 Å². The molecule has 2 aromatic heterocycles.